The van der Waals surface area contributed by atoms with Gasteiger partial charge in [-0.3, -0.25) is 4.79 Å². The molecular formula is C13H16BrNO3. The molecule has 18 heavy (non-hydrogen) atoms. The van der Waals surface area contributed by atoms with Crippen LogP contribution in [0.4, 0.5) is 4.79 Å². The van der Waals surface area contributed by atoms with E-state index in [1.54, 1.807) is 45.0 Å². The van der Waals surface area contributed by atoms with Gasteiger partial charge in [0.25, 0.3) is 0 Å². The maximum atomic E-state index is 11.6. The highest BCUT2D eigenvalue weighted by molar-refractivity contribution is 9.18. The summed E-state index contributed by atoms with van der Waals surface area (Å²) in [6.07, 6.45) is -0.621. The molecule has 0 bridgehead atoms. The minimum atomic E-state index is -0.749. The van der Waals surface area contributed by atoms with Gasteiger partial charge < -0.3 is 10.1 Å². The first-order valence-corrected chi connectivity index (χ1v) is 6.33. The molecule has 0 heterocycles. The predicted octanol–water partition coefficient (Wildman–Crippen LogP) is 3.17. The minimum Gasteiger partial charge on any atom is -0.444 e. The largest absolute Gasteiger partial charge is 0.444 e. The molecule has 0 fully saturated rings. The van der Waals surface area contributed by atoms with Crippen LogP contribution in [0.15, 0.2) is 30.3 Å². The van der Waals surface area contributed by atoms with Crippen LogP contribution in [-0.4, -0.2) is 16.4 Å². The molecule has 0 aliphatic rings. The summed E-state index contributed by atoms with van der Waals surface area (Å²) in [6, 6.07) is 8.22. The normalized spacial score (nSPS) is 12.7. The summed E-state index contributed by atoms with van der Waals surface area (Å²) >= 11 is 2.88. The molecule has 0 aromatic heterocycles. The van der Waals surface area contributed by atoms with Gasteiger partial charge in [-0.1, -0.05) is 30.3 Å². The van der Waals surface area contributed by atoms with Gasteiger partial charge in [0.1, 0.15) is 11.6 Å². The fourth-order valence-corrected chi connectivity index (χ4v) is 1.72. The number of amides is 1. The van der Waals surface area contributed by atoms with Gasteiger partial charge in [-0.15, -0.1) is 0 Å². The number of ether oxygens (including phenoxy) is 1. The lowest BCUT2D eigenvalue weighted by Crippen LogP contribution is -2.36. The van der Waals surface area contributed by atoms with Crippen LogP contribution >= 0.6 is 15.9 Å². The lowest BCUT2D eigenvalue weighted by molar-refractivity contribution is -0.112. The summed E-state index contributed by atoms with van der Waals surface area (Å²) in [7, 11) is 0. The number of benzene rings is 1. The van der Waals surface area contributed by atoms with Crippen molar-refractivity contribution < 1.29 is 14.3 Å². The van der Waals surface area contributed by atoms with Crippen LogP contribution in [-0.2, 0) is 9.53 Å². The first-order chi connectivity index (χ1) is 8.29. The van der Waals surface area contributed by atoms with Gasteiger partial charge in [-0.2, -0.15) is 0 Å². The van der Waals surface area contributed by atoms with Gasteiger partial charge in [0, 0.05) is 0 Å². The highest BCUT2D eigenvalue weighted by Crippen LogP contribution is 2.17. The minimum absolute atomic E-state index is 0.320. The number of nitrogens with one attached hydrogen (secondary N) is 1. The average molecular weight is 314 g/mol. The molecule has 1 rings (SSSR count). The smallest absolute Gasteiger partial charge is 0.408 e. The number of carbonyl (C=O) groups is 2. The van der Waals surface area contributed by atoms with Crippen LogP contribution in [0.2, 0.25) is 0 Å². The van der Waals surface area contributed by atoms with E-state index in [-0.39, 0.29) is 4.69 Å². The lowest BCUT2D eigenvalue weighted by atomic mass is 10.1. The quantitative estimate of drug-likeness (QED) is 0.872. The fourth-order valence-electron chi connectivity index (χ4n) is 1.34. The Kier molecular flexibility index (Phi) is 4.90. The summed E-state index contributed by atoms with van der Waals surface area (Å²) in [5, 5.41) is 2.53. The van der Waals surface area contributed by atoms with Crippen LogP contribution in [0.25, 0.3) is 0 Å². The van der Waals surface area contributed by atoms with E-state index in [0.29, 0.717) is 5.56 Å². The summed E-state index contributed by atoms with van der Waals surface area (Å²) in [5.74, 6) is 0. The highest BCUT2D eigenvalue weighted by Gasteiger charge is 2.23. The predicted molar refractivity (Wildman–Crippen MR) is 72.5 cm³/mol. The number of carbonyl (C=O) groups excluding carboxylic acids is 2. The van der Waals surface area contributed by atoms with E-state index in [1.165, 1.54) is 0 Å². The van der Waals surface area contributed by atoms with E-state index in [2.05, 4.69) is 21.2 Å². The summed E-state index contributed by atoms with van der Waals surface area (Å²) in [5.41, 5.74) is 0.103. The Morgan fingerprint density at radius 3 is 2.22 bits per heavy atom. The second-order valence-electron chi connectivity index (χ2n) is 4.79. The number of hydrogen-bond acceptors (Lipinski definition) is 3. The number of alkyl carbamates (subject to hydrolysis) is 1. The Morgan fingerprint density at radius 2 is 1.78 bits per heavy atom. The molecule has 0 saturated heterocycles. The molecule has 1 aromatic rings. The summed E-state index contributed by atoms with van der Waals surface area (Å²) < 4.78 is 4.80. The third-order valence-corrected chi connectivity index (χ3v) is 2.48. The van der Waals surface area contributed by atoms with E-state index in [1.807, 2.05) is 6.07 Å². The average Bonchev–Trinajstić information content (AvgIpc) is 2.24. The second kappa shape index (κ2) is 6.00. The van der Waals surface area contributed by atoms with Crippen molar-refractivity contribution >= 4 is 26.7 Å². The Balaban J connectivity index is 2.77. The van der Waals surface area contributed by atoms with Crippen molar-refractivity contribution in [3.8, 4) is 0 Å². The Morgan fingerprint density at radius 1 is 1.22 bits per heavy atom. The first-order valence-electron chi connectivity index (χ1n) is 5.53. The number of halogens is 1. The van der Waals surface area contributed by atoms with Gasteiger partial charge in [-0.05, 0) is 42.3 Å². The van der Waals surface area contributed by atoms with Crippen molar-refractivity contribution in [3.63, 3.8) is 0 Å². The number of rotatable bonds is 3. The monoisotopic (exact) mass is 313 g/mol. The van der Waals surface area contributed by atoms with E-state index >= 15 is 0 Å². The molecule has 1 N–H and O–H groups in total. The molecule has 0 saturated carbocycles. The summed E-state index contributed by atoms with van der Waals surface area (Å²) in [4.78, 5) is 23.1. The molecule has 0 aliphatic carbocycles. The molecule has 0 unspecified atom stereocenters. The third kappa shape index (κ3) is 4.87. The van der Waals surface area contributed by atoms with Gasteiger partial charge in [0.2, 0.25) is 4.69 Å². The maximum absolute atomic E-state index is 11.6. The van der Waals surface area contributed by atoms with E-state index < -0.39 is 17.7 Å². The van der Waals surface area contributed by atoms with Gasteiger partial charge in [-0.25, -0.2) is 4.79 Å². The van der Waals surface area contributed by atoms with E-state index in [9.17, 15) is 9.59 Å². The highest BCUT2D eigenvalue weighted by atomic mass is 79.9. The van der Waals surface area contributed by atoms with Crippen molar-refractivity contribution in [3.05, 3.63) is 35.9 Å². The van der Waals surface area contributed by atoms with Crippen LogP contribution in [0.5, 0.6) is 0 Å². The molecular weight excluding hydrogens is 298 g/mol. The molecule has 0 aliphatic heterocycles. The van der Waals surface area contributed by atoms with Crippen molar-refractivity contribution in [2.45, 2.75) is 32.4 Å². The first kappa shape index (κ1) is 14.7. The molecule has 5 heteroatoms. The van der Waals surface area contributed by atoms with Gasteiger partial charge >= 0.3 is 6.09 Å². The molecule has 0 spiro atoms. The van der Waals surface area contributed by atoms with E-state index in [4.69, 9.17) is 4.74 Å². The Hall–Kier alpha value is -1.36. The molecule has 4 nitrogen and oxygen atoms in total. The maximum Gasteiger partial charge on any atom is 0.408 e. The molecule has 1 atom stereocenters. The zero-order valence-electron chi connectivity index (χ0n) is 10.6. The Labute approximate surface area is 115 Å². The number of hydrogen-bond donors (Lipinski definition) is 1. The van der Waals surface area contributed by atoms with Crippen molar-refractivity contribution in [2.75, 3.05) is 0 Å². The zero-order chi connectivity index (χ0) is 13.8. The lowest BCUT2D eigenvalue weighted by Gasteiger charge is -2.22. The topological polar surface area (TPSA) is 55.4 Å². The summed E-state index contributed by atoms with van der Waals surface area (Å²) in [6.45, 7) is 5.29. The molecule has 98 valence electrons. The van der Waals surface area contributed by atoms with Crippen molar-refractivity contribution in [2.24, 2.45) is 0 Å². The van der Waals surface area contributed by atoms with Crippen LogP contribution < -0.4 is 5.32 Å². The van der Waals surface area contributed by atoms with Crippen LogP contribution in [0, 0.1) is 0 Å². The fraction of sp³-hybridized carbons (Fsp3) is 0.385. The van der Waals surface area contributed by atoms with Crippen molar-refractivity contribution in [1.82, 2.24) is 5.32 Å². The molecule has 1 amide bonds. The van der Waals surface area contributed by atoms with E-state index in [0.717, 1.165) is 0 Å². The zero-order valence-corrected chi connectivity index (χ0v) is 12.2. The third-order valence-electron chi connectivity index (χ3n) is 2.02. The molecule has 0 radical (unpaired) electrons. The second-order valence-corrected chi connectivity index (χ2v) is 5.58. The Bertz CT molecular complexity index is 426. The molecule has 1 aromatic carbocycles. The standard InChI is InChI=1S/C13H16BrNO3/c1-13(2,3)18-12(17)15-10(11(14)16)9-7-5-4-6-8-9/h4-8,10H,1-3H3,(H,15,17)/t10-/m0/s1. The van der Waals surface area contributed by atoms with Gasteiger partial charge in [0.15, 0.2) is 0 Å². The van der Waals surface area contributed by atoms with Gasteiger partial charge in [0.05, 0.1) is 0 Å². The van der Waals surface area contributed by atoms with Crippen LogP contribution in [0.1, 0.15) is 32.4 Å². The van der Waals surface area contributed by atoms with Crippen molar-refractivity contribution in [1.29, 1.82) is 0 Å². The SMILES string of the molecule is CC(C)(C)OC(=O)N[C@H](C(=O)Br)c1ccccc1. The van der Waals surface area contributed by atoms with Crippen LogP contribution in [0.3, 0.4) is 0 Å².